The van der Waals surface area contributed by atoms with Crippen LogP contribution in [0.3, 0.4) is 0 Å². The molecule has 1 aromatic carbocycles. The Hall–Kier alpha value is -3.07. The minimum Gasteiger partial charge on any atom is -0.465 e. The summed E-state index contributed by atoms with van der Waals surface area (Å²) in [6, 6.07) is 20.0. The highest BCUT2D eigenvalue weighted by Gasteiger charge is 2.23. The van der Waals surface area contributed by atoms with Gasteiger partial charge in [0.25, 0.3) is 0 Å². The molecule has 3 nitrogen and oxygen atoms in total. The van der Waals surface area contributed by atoms with Gasteiger partial charge in [-0.1, -0.05) is 56.3 Å². The summed E-state index contributed by atoms with van der Waals surface area (Å²) in [4.78, 5) is 12.4. The molecule has 0 amide bonds. The first kappa shape index (κ1) is 16.4. The van der Waals surface area contributed by atoms with Crippen LogP contribution in [0.15, 0.2) is 65.1 Å². The Bertz CT molecular complexity index is 1040. The van der Waals surface area contributed by atoms with Crippen molar-refractivity contribution in [1.29, 1.82) is 0 Å². The van der Waals surface area contributed by atoms with E-state index in [0.717, 1.165) is 33.4 Å². The molecule has 2 aliphatic carbocycles. The van der Waals surface area contributed by atoms with Crippen LogP contribution in [0.25, 0.3) is 33.4 Å². The number of esters is 1. The quantitative estimate of drug-likeness (QED) is 0.421. The van der Waals surface area contributed by atoms with Crippen LogP contribution in [0, 0.1) is 0 Å². The second kappa shape index (κ2) is 6.34. The molecule has 1 aromatic heterocycles. The molecule has 2 aliphatic rings. The van der Waals surface area contributed by atoms with Crippen molar-refractivity contribution in [2.24, 2.45) is 0 Å². The minimum atomic E-state index is -0.335. The average molecular weight is 344 g/mol. The predicted molar refractivity (Wildman–Crippen MR) is 104 cm³/mol. The fourth-order valence-electron chi connectivity index (χ4n) is 3.35. The lowest BCUT2D eigenvalue weighted by Gasteiger charge is -2.04. The van der Waals surface area contributed by atoms with Crippen molar-refractivity contribution >= 4 is 16.9 Å². The molecule has 0 aliphatic heterocycles. The van der Waals surface area contributed by atoms with Gasteiger partial charge < -0.3 is 9.15 Å². The molecule has 0 saturated heterocycles. The predicted octanol–water partition coefficient (Wildman–Crippen LogP) is 6.11. The first-order chi connectivity index (χ1) is 12.6. The molecular formula is C23H20O3. The number of carbonyl (C=O) groups excluding carboxylic acids is 1. The molecule has 2 aromatic rings. The Labute approximate surface area is 152 Å². The molecule has 0 unspecified atom stereocenters. The normalized spacial score (nSPS) is 11.4. The van der Waals surface area contributed by atoms with Gasteiger partial charge in [-0.2, -0.15) is 0 Å². The van der Waals surface area contributed by atoms with Gasteiger partial charge in [-0.3, -0.25) is 0 Å². The maximum Gasteiger partial charge on any atom is 0.338 e. The molecule has 130 valence electrons. The summed E-state index contributed by atoms with van der Waals surface area (Å²) in [5, 5.41) is 1.04. The van der Waals surface area contributed by atoms with Crippen LogP contribution in [0.4, 0.5) is 0 Å². The Balaban J connectivity index is 1.97. The highest BCUT2D eigenvalue weighted by molar-refractivity contribution is 6.04. The molecule has 26 heavy (non-hydrogen) atoms. The highest BCUT2D eigenvalue weighted by atomic mass is 16.5. The van der Waals surface area contributed by atoms with E-state index < -0.39 is 0 Å². The fourth-order valence-corrected chi connectivity index (χ4v) is 3.35. The average Bonchev–Trinajstić information content (AvgIpc) is 3.14. The summed E-state index contributed by atoms with van der Waals surface area (Å²) < 4.78 is 11.1. The van der Waals surface area contributed by atoms with E-state index in [-0.39, 0.29) is 5.97 Å². The summed E-state index contributed by atoms with van der Waals surface area (Å²) in [6.45, 7) is 4.28. The molecule has 0 atom stereocenters. The number of ether oxygens (including phenoxy) is 1. The van der Waals surface area contributed by atoms with E-state index in [4.69, 9.17) is 9.15 Å². The third-order valence-corrected chi connectivity index (χ3v) is 4.78. The Morgan fingerprint density at radius 2 is 1.73 bits per heavy atom. The topological polar surface area (TPSA) is 39.4 Å². The van der Waals surface area contributed by atoms with E-state index in [1.54, 1.807) is 0 Å². The SMILES string of the molecule is COC(=O)c1cc(-c2cc3ccccc3o2)c2cccc(C(C)C)cc1-2. The summed E-state index contributed by atoms with van der Waals surface area (Å²) >= 11 is 0. The van der Waals surface area contributed by atoms with Crippen molar-refractivity contribution in [2.75, 3.05) is 7.11 Å². The highest BCUT2D eigenvalue weighted by Crippen LogP contribution is 2.41. The summed E-state index contributed by atoms with van der Waals surface area (Å²) in [5.74, 6) is 0.780. The monoisotopic (exact) mass is 344 g/mol. The Morgan fingerprint density at radius 3 is 2.46 bits per heavy atom. The smallest absolute Gasteiger partial charge is 0.338 e. The zero-order valence-electron chi connectivity index (χ0n) is 15.1. The van der Waals surface area contributed by atoms with Crippen molar-refractivity contribution < 1.29 is 13.9 Å². The number of para-hydroxylation sites is 1. The first-order valence-corrected chi connectivity index (χ1v) is 8.72. The maximum atomic E-state index is 12.4. The molecule has 3 heteroatoms. The molecule has 4 rings (SSSR count). The molecule has 0 fully saturated rings. The van der Waals surface area contributed by atoms with E-state index in [9.17, 15) is 4.79 Å². The second-order valence-corrected chi connectivity index (χ2v) is 6.76. The van der Waals surface area contributed by atoms with Crippen LogP contribution in [0.2, 0.25) is 0 Å². The molecular weight excluding hydrogens is 324 g/mol. The standard InChI is InChI=1S/C23H20O3/c1-14(2)15-8-6-9-17-18(11-15)20(23(24)25-3)13-19(17)22-12-16-7-4-5-10-21(16)26-22/h4-14H,1-3H3. The zero-order chi connectivity index (χ0) is 18.3. The number of rotatable bonds is 3. The lowest BCUT2D eigenvalue weighted by atomic mass is 10.0. The van der Waals surface area contributed by atoms with Crippen molar-refractivity contribution in [3.63, 3.8) is 0 Å². The number of fused-ring (bicyclic) bond motifs is 2. The van der Waals surface area contributed by atoms with E-state index in [0.29, 0.717) is 11.5 Å². The van der Waals surface area contributed by atoms with Gasteiger partial charge in [-0.15, -0.1) is 0 Å². The van der Waals surface area contributed by atoms with E-state index in [1.807, 2.05) is 48.5 Å². The molecule has 0 bridgehead atoms. The van der Waals surface area contributed by atoms with Crippen molar-refractivity contribution in [3.05, 3.63) is 71.8 Å². The Morgan fingerprint density at radius 1 is 0.923 bits per heavy atom. The van der Waals surface area contributed by atoms with Gasteiger partial charge in [0.1, 0.15) is 11.3 Å². The molecule has 0 N–H and O–H groups in total. The number of hydrogen-bond acceptors (Lipinski definition) is 3. The van der Waals surface area contributed by atoms with Crippen LogP contribution < -0.4 is 0 Å². The number of benzene rings is 1. The van der Waals surface area contributed by atoms with Gasteiger partial charge in [-0.25, -0.2) is 4.79 Å². The maximum absolute atomic E-state index is 12.4. The largest absolute Gasteiger partial charge is 0.465 e. The first-order valence-electron chi connectivity index (χ1n) is 8.72. The van der Waals surface area contributed by atoms with Gasteiger partial charge in [-0.05, 0) is 40.8 Å². The second-order valence-electron chi connectivity index (χ2n) is 6.76. The zero-order valence-corrected chi connectivity index (χ0v) is 15.1. The molecule has 1 heterocycles. The van der Waals surface area contributed by atoms with E-state index >= 15 is 0 Å². The fraction of sp³-hybridized carbons (Fsp3) is 0.174. The molecule has 0 radical (unpaired) electrons. The molecule has 0 spiro atoms. The Kier molecular flexibility index (Phi) is 4.00. The summed E-state index contributed by atoms with van der Waals surface area (Å²) in [5.41, 5.74) is 5.35. The number of methoxy groups -OCH3 is 1. The van der Waals surface area contributed by atoms with Crippen molar-refractivity contribution in [2.45, 2.75) is 19.8 Å². The van der Waals surface area contributed by atoms with Crippen LogP contribution >= 0.6 is 0 Å². The lowest BCUT2D eigenvalue weighted by Crippen LogP contribution is -2.00. The van der Waals surface area contributed by atoms with Gasteiger partial charge in [0.15, 0.2) is 0 Å². The number of carbonyl (C=O) groups is 1. The van der Waals surface area contributed by atoms with Crippen LogP contribution in [0.5, 0.6) is 0 Å². The lowest BCUT2D eigenvalue weighted by molar-refractivity contribution is 0.0602. The summed E-state index contributed by atoms with van der Waals surface area (Å²) in [7, 11) is 1.41. The van der Waals surface area contributed by atoms with Gasteiger partial charge in [0, 0.05) is 10.9 Å². The third kappa shape index (κ3) is 2.66. The van der Waals surface area contributed by atoms with Crippen LogP contribution in [-0.4, -0.2) is 13.1 Å². The number of hydrogen-bond donors (Lipinski definition) is 0. The van der Waals surface area contributed by atoms with Crippen LogP contribution in [0.1, 0.15) is 35.7 Å². The van der Waals surface area contributed by atoms with Crippen molar-refractivity contribution in [3.8, 4) is 22.5 Å². The van der Waals surface area contributed by atoms with Gasteiger partial charge in [0.2, 0.25) is 0 Å². The van der Waals surface area contributed by atoms with Crippen LogP contribution in [-0.2, 0) is 4.74 Å². The summed E-state index contributed by atoms with van der Waals surface area (Å²) in [6.07, 6.45) is 0. The van der Waals surface area contributed by atoms with E-state index in [2.05, 4.69) is 26.0 Å². The van der Waals surface area contributed by atoms with Crippen molar-refractivity contribution in [1.82, 2.24) is 0 Å². The van der Waals surface area contributed by atoms with E-state index in [1.165, 1.54) is 12.7 Å². The number of furan rings is 1. The minimum absolute atomic E-state index is 0.335. The third-order valence-electron chi connectivity index (χ3n) is 4.78. The van der Waals surface area contributed by atoms with Gasteiger partial charge in [0.05, 0.1) is 12.7 Å². The van der Waals surface area contributed by atoms with Gasteiger partial charge >= 0.3 is 5.97 Å². The molecule has 0 saturated carbocycles.